The van der Waals surface area contributed by atoms with Crippen molar-refractivity contribution in [2.75, 3.05) is 11.3 Å². The van der Waals surface area contributed by atoms with Crippen LogP contribution in [0, 0.1) is 0 Å². The van der Waals surface area contributed by atoms with E-state index in [-0.39, 0.29) is 6.61 Å². The molecule has 0 aliphatic carbocycles. The molecule has 100 valence electrons. The number of nitrogens with one attached hydrogen (secondary N) is 2. The van der Waals surface area contributed by atoms with Gasteiger partial charge in [0.25, 0.3) is 0 Å². The molecule has 1 aromatic carbocycles. The quantitative estimate of drug-likeness (QED) is 0.805. The summed E-state index contributed by atoms with van der Waals surface area (Å²) in [6.07, 6.45) is -1.01. The van der Waals surface area contributed by atoms with E-state index in [0.29, 0.717) is 11.0 Å². The summed E-state index contributed by atoms with van der Waals surface area (Å²) in [5.41, 5.74) is 1.27. The molecular formula is C10H13BrN2O4S. The lowest BCUT2D eigenvalue weighted by molar-refractivity contribution is 0.159. The minimum Gasteiger partial charge on any atom is -0.449 e. The number of halogens is 1. The number of hydrogen-bond acceptors (Lipinski definition) is 4. The molecule has 0 radical (unpaired) electrons. The van der Waals surface area contributed by atoms with Gasteiger partial charge in [-0.05, 0) is 24.6 Å². The molecule has 0 bridgehead atoms. The van der Waals surface area contributed by atoms with Crippen LogP contribution >= 0.6 is 15.9 Å². The summed E-state index contributed by atoms with van der Waals surface area (Å²) in [6, 6.07) is 6.78. The summed E-state index contributed by atoms with van der Waals surface area (Å²) >= 11 is 3.27. The average Bonchev–Trinajstić information content (AvgIpc) is 2.28. The Morgan fingerprint density at radius 2 is 2.17 bits per heavy atom. The maximum atomic E-state index is 11.6. The van der Waals surface area contributed by atoms with Gasteiger partial charge in [-0.2, -0.15) is 8.42 Å². The Hall–Kier alpha value is -1.28. The van der Waals surface area contributed by atoms with Crippen LogP contribution in [0.4, 0.5) is 10.5 Å². The third-order valence-electron chi connectivity index (χ3n) is 1.83. The lowest BCUT2D eigenvalue weighted by Crippen LogP contribution is -2.35. The van der Waals surface area contributed by atoms with Gasteiger partial charge in [-0.1, -0.05) is 28.1 Å². The molecule has 0 spiro atoms. The summed E-state index contributed by atoms with van der Waals surface area (Å²) in [4.78, 5) is 11.0. The van der Waals surface area contributed by atoms with Gasteiger partial charge in [0, 0.05) is 5.33 Å². The number of amides is 1. The van der Waals surface area contributed by atoms with Gasteiger partial charge in [-0.15, -0.1) is 0 Å². The van der Waals surface area contributed by atoms with Gasteiger partial charge in [0.05, 0.1) is 12.3 Å². The lowest BCUT2D eigenvalue weighted by Gasteiger charge is -2.09. The first-order valence-corrected chi connectivity index (χ1v) is 7.69. The third-order valence-corrected chi connectivity index (χ3v) is 3.41. The van der Waals surface area contributed by atoms with Crippen molar-refractivity contribution in [3.63, 3.8) is 0 Å². The monoisotopic (exact) mass is 336 g/mol. The lowest BCUT2D eigenvalue weighted by atomic mass is 10.2. The molecule has 1 aromatic rings. The van der Waals surface area contributed by atoms with Crippen LogP contribution in [0.2, 0.25) is 0 Å². The van der Waals surface area contributed by atoms with Crippen molar-refractivity contribution in [1.82, 2.24) is 4.72 Å². The Labute approximate surface area is 114 Å². The minimum absolute atomic E-state index is 0.0976. The Morgan fingerprint density at radius 3 is 2.78 bits per heavy atom. The largest absolute Gasteiger partial charge is 0.449 e. The maximum Gasteiger partial charge on any atom is 0.422 e. The van der Waals surface area contributed by atoms with Crippen molar-refractivity contribution in [3.05, 3.63) is 29.8 Å². The molecule has 0 fully saturated rings. The Balaban J connectivity index is 2.73. The molecule has 0 atom stereocenters. The van der Waals surface area contributed by atoms with Crippen molar-refractivity contribution >= 4 is 37.9 Å². The number of alkyl halides is 1. The average molecular weight is 337 g/mol. The van der Waals surface area contributed by atoms with E-state index in [9.17, 15) is 13.2 Å². The van der Waals surface area contributed by atoms with Gasteiger partial charge in [0.15, 0.2) is 0 Å². The molecule has 1 amide bonds. The first-order valence-electron chi connectivity index (χ1n) is 5.09. The van der Waals surface area contributed by atoms with E-state index >= 15 is 0 Å². The highest BCUT2D eigenvalue weighted by molar-refractivity contribution is 9.08. The summed E-state index contributed by atoms with van der Waals surface area (Å²) < 4.78 is 31.5. The van der Waals surface area contributed by atoms with Crippen molar-refractivity contribution in [2.24, 2.45) is 0 Å². The van der Waals surface area contributed by atoms with E-state index in [1.807, 2.05) is 6.07 Å². The Bertz CT molecular complexity index is 518. The fourth-order valence-corrected chi connectivity index (χ4v) is 2.28. The van der Waals surface area contributed by atoms with Crippen LogP contribution in [0.3, 0.4) is 0 Å². The van der Waals surface area contributed by atoms with E-state index in [4.69, 9.17) is 0 Å². The molecule has 0 heterocycles. The maximum absolute atomic E-state index is 11.6. The van der Waals surface area contributed by atoms with Crippen LogP contribution in [0.25, 0.3) is 0 Å². The summed E-state index contributed by atoms with van der Waals surface area (Å²) in [5.74, 6) is 0. The van der Waals surface area contributed by atoms with Crippen molar-refractivity contribution < 1.29 is 17.9 Å². The molecule has 0 aliphatic heterocycles. The van der Waals surface area contributed by atoms with Gasteiger partial charge >= 0.3 is 16.3 Å². The zero-order chi connectivity index (χ0) is 13.6. The second-order valence-corrected chi connectivity index (χ2v) is 5.24. The van der Waals surface area contributed by atoms with Crippen molar-refractivity contribution in [3.8, 4) is 0 Å². The van der Waals surface area contributed by atoms with Gasteiger partial charge < -0.3 is 4.74 Å². The second-order valence-electron chi connectivity index (χ2n) is 3.26. The molecule has 1 rings (SSSR count). The predicted octanol–water partition coefficient (Wildman–Crippen LogP) is 1.98. The number of ether oxygens (including phenoxy) is 1. The molecule has 0 saturated heterocycles. The zero-order valence-electron chi connectivity index (χ0n) is 9.64. The van der Waals surface area contributed by atoms with Crippen LogP contribution < -0.4 is 9.44 Å². The minimum atomic E-state index is -3.97. The smallest absolute Gasteiger partial charge is 0.422 e. The van der Waals surface area contributed by atoms with Gasteiger partial charge in [0.1, 0.15) is 0 Å². The van der Waals surface area contributed by atoms with Crippen molar-refractivity contribution in [2.45, 2.75) is 12.3 Å². The fraction of sp³-hybridized carbons (Fsp3) is 0.300. The molecule has 0 saturated carbocycles. The SMILES string of the molecule is CCOC(=O)NS(=O)(=O)Nc1cccc(CBr)c1. The van der Waals surface area contributed by atoms with Crippen LogP contribution in [0.5, 0.6) is 0 Å². The topological polar surface area (TPSA) is 84.5 Å². The number of benzene rings is 1. The van der Waals surface area contributed by atoms with Gasteiger partial charge in [0.2, 0.25) is 0 Å². The molecule has 2 N–H and O–H groups in total. The summed E-state index contributed by atoms with van der Waals surface area (Å²) in [7, 11) is -3.97. The standard InChI is InChI=1S/C10H13BrN2O4S/c1-2-17-10(14)13-18(15,16)12-9-5-3-4-8(6-9)7-11/h3-6,12H,2,7H2,1H3,(H,13,14). The highest BCUT2D eigenvalue weighted by Crippen LogP contribution is 2.14. The number of carbonyl (C=O) groups is 1. The molecule has 0 aromatic heterocycles. The summed E-state index contributed by atoms with van der Waals surface area (Å²) in [6.45, 7) is 1.68. The molecule has 8 heteroatoms. The Morgan fingerprint density at radius 1 is 1.44 bits per heavy atom. The summed E-state index contributed by atoms with van der Waals surface area (Å²) in [5, 5.41) is 0.605. The van der Waals surface area contributed by atoms with Crippen LogP contribution in [-0.2, 0) is 20.3 Å². The van der Waals surface area contributed by atoms with Gasteiger partial charge in [-0.3, -0.25) is 4.72 Å². The molecule has 6 nitrogen and oxygen atoms in total. The number of hydrogen-bond donors (Lipinski definition) is 2. The fourth-order valence-electron chi connectivity index (χ4n) is 1.17. The number of anilines is 1. The first-order chi connectivity index (χ1) is 8.46. The van der Waals surface area contributed by atoms with Crippen LogP contribution in [0.15, 0.2) is 24.3 Å². The zero-order valence-corrected chi connectivity index (χ0v) is 12.0. The normalized spacial score (nSPS) is 10.8. The molecule has 0 unspecified atom stereocenters. The third kappa shape index (κ3) is 4.92. The molecule has 18 heavy (non-hydrogen) atoms. The second kappa shape index (κ2) is 6.60. The molecular weight excluding hydrogens is 324 g/mol. The van der Waals surface area contributed by atoms with E-state index in [1.165, 1.54) is 0 Å². The van der Waals surface area contributed by atoms with Crippen molar-refractivity contribution in [1.29, 1.82) is 0 Å². The van der Waals surface area contributed by atoms with Crippen LogP contribution in [-0.4, -0.2) is 21.1 Å². The first kappa shape index (κ1) is 14.8. The number of rotatable bonds is 5. The van der Waals surface area contributed by atoms with Gasteiger partial charge in [-0.25, -0.2) is 9.52 Å². The van der Waals surface area contributed by atoms with E-state index < -0.39 is 16.3 Å². The van der Waals surface area contributed by atoms with E-state index in [0.717, 1.165) is 5.56 Å². The predicted molar refractivity (Wildman–Crippen MR) is 71.8 cm³/mol. The highest BCUT2D eigenvalue weighted by atomic mass is 79.9. The van der Waals surface area contributed by atoms with Crippen LogP contribution in [0.1, 0.15) is 12.5 Å². The Kier molecular flexibility index (Phi) is 5.42. The number of carbonyl (C=O) groups excluding carboxylic acids is 1. The van der Waals surface area contributed by atoms with E-state index in [2.05, 4.69) is 25.4 Å². The highest BCUT2D eigenvalue weighted by Gasteiger charge is 2.14. The van der Waals surface area contributed by atoms with E-state index in [1.54, 1.807) is 29.8 Å². The molecule has 0 aliphatic rings.